The molecule has 1 aromatic heterocycles. The number of hydrogen-bond acceptors (Lipinski definition) is 2. The van der Waals surface area contributed by atoms with Crippen molar-refractivity contribution in [3.05, 3.63) is 100 Å². The molecule has 0 atom stereocenters. The summed E-state index contributed by atoms with van der Waals surface area (Å²) in [6.07, 6.45) is 0.988. The standard InChI is InChI=1S/C25H24N2OS/c1-3-16-27-21-15-14-18(2)17-22(21)29-25(27)26-24(28)23(19-10-6-4-7-11-19)20-12-8-5-9-13-20/h4-15,17,23H,3,16H2,1-2H3. The molecule has 4 aromatic rings. The number of rotatable bonds is 5. The van der Waals surface area contributed by atoms with Crippen LogP contribution in [0.4, 0.5) is 0 Å². The molecule has 4 rings (SSSR count). The highest BCUT2D eigenvalue weighted by Gasteiger charge is 2.22. The first-order valence-electron chi connectivity index (χ1n) is 9.96. The van der Waals surface area contributed by atoms with E-state index < -0.39 is 5.92 Å². The van der Waals surface area contributed by atoms with Crippen LogP contribution in [0.5, 0.6) is 0 Å². The first kappa shape index (κ1) is 19.3. The van der Waals surface area contributed by atoms with Crippen LogP contribution in [0.3, 0.4) is 0 Å². The molecule has 1 heterocycles. The predicted molar refractivity (Wildman–Crippen MR) is 120 cm³/mol. The van der Waals surface area contributed by atoms with Crippen molar-refractivity contribution in [3.8, 4) is 0 Å². The topological polar surface area (TPSA) is 34.4 Å². The minimum absolute atomic E-state index is 0.129. The summed E-state index contributed by atoms with van der Waals surface area (Å²) in [6.45, 7) is 5.08. The smallest absolute Gasteiger partial charge is 0.260 e. The van der Waals surface area contributed by atoms with Crippen molar-refractivity contribution < 1.29 is 4.79 Å². The summed E-state index contributed by atoms with van der Waals surface area (Å²) in [7, 11) is 0. The van der Waals surface area contributed by atoms with Gasteiger partial charge in [0.05, 0.1) is 16.1 Å². The Balaban J connectivity index is 1.85. The molecule has 0 N–H and O–H groups in total. The molecule has 1 amide bonds. The van der Waals surface area contributed by atoms with Gasteiger partial charge >= 0.3 is 0 Å². The molecule has 0 spiro atoms. The van der Waals surface area contributed by atoms with Gasteiger partial charge in [0.1, 0.15) is 0 Å². The van der Waals surface area contributed by atoms with Crippen molar-refractivity contribution in [2.24, 2.45) is 4.99 Å². The first-order valence-corrected chi connectivity index (χ1v) is 10.8. The summed E-state index contributed by atoms with van der Waals surface area (Å²) in [5, 5.41) is 0. The molecule has 0 bridgehead atoms. The lowest BCUT2D eigenvalue weighted by Crippen LogP contribution is -2.20. The van der Waals surface area contributed by atoms with E-state index in [9.17, 15) is 4.79 Å². The molecule has 3 nitrogen and oxygen atoms in total. The average molecular weight is 401 g/mol. The third-order valence-corrected chi connectivity index (χ3v) is 6.05. The van der Waals surface area contributed by atoms with Gasteiger partial charge in [0, 0.05) is 6.54 Å². The van der Waals surface area contributed by atoms with Gasteiger partial charge in [-0.3, -0.25) is 4.79 Å². The fourth-order valence-electron chi connectivity index (χ4n) is 3.63. The van der Waals surface area contributed by atoms with Gasteiger partial charge < -0.3 is 4.57 Å². The summed E-state index contributed by atoms with van der Waals surface area (Å²) in [6, 6.07) is 26.2. The van der Waals surface area contributed by atoms with E-state index in [0.29, 0.717) is 0 Å². The molecule has 0 saturated carbocycles. The second-order valence-corrected chi connectivity index (χ2v) is 8.22. The molecule has 29 heavy (non-hydrogen) atoms. The molecule has 0 fully saturated rings. The second kappa shape index (κ2) is 8.58. The predicted octanol–water partition coefficient (Wildman–Crippen LogP) is 5.68. The maximum Gasteiger partial charge on any atom is 0.260 e. The Hall–Kier alpha value is -2.98. The van der Waals surface area contributed by atoms with Crippen LogP contribution in [0.1, 0.15) is 36.0 Å². The average Bonchev–Trinajstić information content (AvgIpc) is 3.06. The molecule has 0 aliphatic rings. The molecule has 3 aromatic carbocycles. The van der Waals surface area contributed by atoms with Crippen molar-refractivity contribution in [3.63, 3.8) is 0 Å². The molecular formula is C25H24N2OS. The van der Waals surface area contributed by atoms with E-state index in [4.69, 9.17) is 0 Å². The summed E-state index contributed by atoms with van der Waals surface area (Å²) in [5.74, 6) is -0.532. The Bertz CT molecular complexity index is 1150. The third-order valence-electron chi connectivity index (χ3n) is 5.00. The minimum Gasteiger partial charge on any atom is -0.316 e. The second-order valence-electron chi connectivity index (χ2n) is 7.21. The van der Waals surface area contributed by atoms with E-state index in [2.05, 4.69) is 41.6 Å². The Morgan fingerprint density at radius 3 is 2.17 bits per heavy atom. The third kappa shape index (κ3) is 4.08. The van der Waals surface area contributed by atoms with E-state index in [-0.39, 0.29) is 5.91 Å². The van der Waals surface area contributed by atoms with Gasteiger partial charge in [0.2, 0.25) is 0 Å². The number of aromatic nitrogens is 1. The van der Waals surface area contributed by atoms with Gasteiger partial charge in [-0.1, -0.05) is 85.0 Å². The summed E-state index contributed by atoms with van der Waals surface area (Å²) in [5.41, 5.74) is 4.29. The Kier molecular flexibility index (Phi) is 5.72. The monoisotopic (exact) mass is 400 g/mol. The van der Waals surface area contributed by atoms with E-state index in [1.165, 1.54) is 10.3 Å². The van der Waals surface area contributed by atoms with Crippen molar-refractivity contribution in [2.75, 3.05) is 0 Å². The van der Waals surface area contributed by atoms with Crippen LogP contribution in [0, 0.1) is 6.92 Å². The van der Waals surface area contributed by atoms with E-state index in [0.717, 1.165) is 34.4 Å². The van der Waals surface area contributed by atoms with Crippen molar-refractivity contribution in [2.45, 2.75) is 32.7 Å². The van der Waals surface area contributed by atoms with E-state index >= 15 is 0 Å². The number of hydrogen-bond donors (Lipinski definition) is 0. The van der Waals surface area contributed by atoms with Crippen LogP contribution in [0.2, 0.25) is 0 Å². The fraction of sp³-hybridized carbons (Fsp3) is 0.200. The molecule has 0 unspecified atom stereocenters. The van der Waals surface area contributed by atoms with Crippen LogP contribution >= 0.6 is 11.3 Å². The normalized spacial score (nSPS) is 12.0. The van der Waals surface area contributed by atoms with Gasteiger partial charge in [-0.15, -0.1) is 0 Å². The Morgan fingerprint density at radius 2 is 1.59 bits per heavy atom. The number of thiazole rings is 1. The number of benzene rings is 3. The highest BCUT2D eigenvalue weighted by Crippen LogP contribution is 2.26. The molecule has 0 saturated heterocycles. The molecule has 0 aliphatic heterocycles. The highest BCUT2D eigenvalue weighted by molar-refractivity contribution is 7.16. The van der Waals surface area contributed by atoms with E-state index in [1.54, 1.807) is 11.3 Å². The van der Waals surface area contributed by atoms with Crippen LogP contribution in [0.15, 0.2) is 83.9 Å². The van der Waals surface area contributed by atoms with Crippen LogP contribution < -0.4 is 4.80 Å². The van der Waals surface area contributed by atoms with Gasteiger partial charge in [0.15, 0.2) is 4.80 Å². The first-order chi connectivity index (χ1) is 14.2. The SMILES string of the molecule is CCCn1c(=NC(=O)C(c2ccccc2)c2ccccc2)sc2cc(C)ccc21. The van der Waals surface area contributed by atoms with Crippen LogP contribution in [0.25, 0.3) is 10.2 Å². The molecule has 0 aliphatic carbocycles. The number of nitrogens with zero attached hydrogens (tertiary/aromatic N) is 2. The zero-order valence-electron chi connectivity index (χ0n) is 16.7. The number of carbonyl (C=O) groups excluding carboxylic acids is 1. The van der Waals surface area contributed by atoms with Gasteiger partial charge in [0.25, 0.3) is 5.91 Å². The van der Waals surface area contributed by atoms with Gasteiger partial charge in [-0.2, -0.15) is 4.99 Å². The van der Waals surface area contributed by atoms with E-state index in [1.807, 2.05) is 60.7 Å². The quantitative estimate of drug-likeness (QED) is 0.424. The zero-order chi connectivity index (χ0) is 20.2. The number of amides is 1. The molecule has 4 heteroatoms. The number of aryl methyl sites for hydroxylation is 2. The van der Waals surface area contributed by atoms with Crippen molar-refractivity contribution >= 4 is 27.5 Å². The van der Waals surface area contributed by atoms with Crippen molar-refractivity contribution in [1.29, 1.82) is 0 Å². The fourth-order valence-corrected chi connectivity index (χ4v) is 4.79. The maximum absolute atomic E-state index is 13.4. The summed E-state index contributed by atoms with van der Waals surface area (Å²) in [4.78, 5) is 18.9. The molecule has 0 radical (unpaired) electrons. The highest BCUT2D eigenvalue weighted by atomic mass is 32.1. The maximum atomic E-state index is 13.4. The summed E-state index contributed by atoms with van der Waals surface area (Å²) < 4.78 is 3.34. The Morgan fingerprint density at radius 1 is 0.966 bits per heavy atom. The number of fused-ring (bicyclic) bond motifs is 1. The van der Waals surface area contributed by atoms with Gasteiger partial charge in [-0.25, -0.2) is 0 Å². The largest absolute Gasteiger partial charge is 0.316 e. The zero-order valence-corrected chi connectivity index (χ0v) is 17.5. The molecular weight excluding hydrogens is 376 g/mol. The van der Waals surface area contributed by atoms with Crippen LogP contribution in [-0.2, 0) is 11.3 Å². The lowest BCUT2D eigenvalue weighted by atomic mass is 9.91. The molecule has 146 valence electrons. The minimum atomic E-state index is -0.403. The Labute approximate surface area is 175 Å². The lowest BCUT2D eigenvalue weighted by molar-refractivity contribution is -0.118. The number of carbonyl (C=O) groups is 1. The van der Waals surface area contributed by atoms with Crippen molar-refractivity contribution in [1.82, 2.24) is 4.57 Å². The summed E-state index contributed by atoms with van der Waals surface area (Å²) >= 11 is 1.59. The van der Waals surface area contributed by atoms with Gasteiger partial charge in [-0.05, 0) is 42.2 Å². The van der Waals surface area contributed by atoms with Crippen LogP contribution in [-0.4, -0.2) is 10.5 Å². The lowest BCUT2D eigenvalue weighted by Gasteiger charge is -2.14.